The first-order chi connectivity index (χ1) is 11.7. The van der Waals surface area contributed by atoms with Crippen LogP contribution >= 0.6 is 0 Å². The first kappa shape index (κ1) is 16.7. The van der Waals surface area contributed by atoms with Crippen LogP contribution in [0.4, 0.5) is 0 Å². The normalized spacial score (nSPS) is 16.7. The van der Waals surface area contributed by atoms with Crippen molar-refractivity contribution in [1.82, 2.24) is 20.0 Å². The lowest BCUT2D eigenvalue weighted by molar-refractivity contribution is 0.0204. The van der Waals surface area contributed by atoms with Gasteiger partial charge in [-0.15, -0.1) is 0 Å². The summed E-state index contributed by atoms with van der Waals surface area (Å²) in [5.41, 5.74) is 1.68. The number of benzene rings is 1. The maximum absolute atomic E-state index is 12.6. The third-order valence-electron chi connectivity index (χ3n) is 4.38. The average molecular weight is 328 g/mol. The molecule has 1 amide bonds. The smallest absolute Gasteiger partial charge is 0.251 e. The second kappa shape index (κ2) is 8.08. The monoisotopic (exact) mass is 328 g/mol. The summed E-state index contributed by atoms with van der Waals surface area (Å²) >= 11 is 0. The molecule has 1 atom stereocenters. The quantitative estimate of drug-likeness (QED) is 0.870. The van der Waals surface area contributed by atoms with Crippen molar-refractivity contribution < 1.29 is 9.53 Å². The van der Waals surface area contributed by atoms with Crippen molar-refractivity contribution in [3.05, 3.63) is 53.9 Å². The Balaban J connectivity index is 1.60. The van der Waals surface area contributed by atoms with Crippen LogP contribution in [0.1, 0.15) is 22.8 Å². The van der Waals surface area contributed by atoms with Crippen molar-refractivity contribution in [2.75, 3.05) is 32.8 Å². The Hall–Kier alpha value is -2.18. The van der Waals surface area contributed by atoms with E-state index in [-0.39, 0.29) is 5.91 Å². The van der Waals surface area contributed by atoms with E-state index in [0.717, 1.165) is 31.9 Å². The van der Waals surface area contributed by atoms with Gasteiger partial charge in [-0.1, -0.05) is 18.2 Å². The van der Waals surface area contributed by atoms with E-state index in [2.05, 4.69) is 22.2 Å². The number of ether oxygens (including phenoxy) is 1. The number of morpholine rings is 1. The van der Waals surface area contributed by atoms with E-state index in [1.54, 1.807) is 6.20 Å². The van der Waals surface area contributed by atoms with Gasteiger partial charge in [0.05, 0.1) is 19.8 Å². The fraction of sp³-hybridized carbons (Fsp3) is 0.444. The molecule has 0 radical (unpaired) electrons. The molecule has 128 valence electrons. The lowest BCUT2D eigenvalue weighted by Gasteiger charge is -2.32. The van der Waals surface area contributed by atoms with Crippen molar-refractivity contribution in [3.63, 3.8) is 0 Å². The number of aromatic nitrogens is 2. The summed E-state index contributed by atoms with van der Waals surface area (Å²) in [6.45, 7) is 6.75. The zero-order valence-corrected chi connectivity index (χ0v) is 14.0. The molecule has 0 aliphatic carbocycles. The van der Waals surface area contributed by atoms with Gasteiger partial charge >= 0.3 is 0 Å². The zero-order valence-electron chi connectivity index (χ0n) is 14.0. The second-order valence-electron chi connectivity index (χ2n) is 6.07. The van der Waals surface area contributed by atoms with Gasteiger partial charge in [0.2, 0.25) is 0 Å². The molecule has 1 aliphatic rings. The van der Waals surface area contributed by atoms with Crippen LogP contribution in [0.2, 0.25) is 0 Å². The van der Waals surface area contributed by atoms with Crippen LogP contribution in [0.3, 0.4) is 0 Å². The number of nitrogens with zero attached hydrogens (tertiary/aromatic N) is 3. The maximum atomic E-state index is 12.6. The molecule has 2 heterocycles. The van der Waals surface area contributed by atoms with E-state index in [0.29, 0.717) is 24.7 Å². The highest BCUT2D eigenvalue weighted by molar-refractivity contribution is 5.95. The zero-order chi connectivity index (χ0) is 16.8. The molecular weight excluding hydrogens is 304 g/mol. The number of rotatable bonds is 6. The number of carbonyl (C=O) groups excluding carboxylic acids is 1. The fourth-order valence-electron chi connectivity index (χ4n) is 2.93. The lowest BCUT2D eigenvalue weighted by atomic mass is 10.1. The topological polar surface area (TPSA) is 59.4 Å². The number of hydrogen-bond donors (Lipinski definition) is 1. The molecule has 0 spiro atoms. The molecule has 1 fully saturated rings. The van der Waals surface area contributed by atoms with Gasteiger partial charge in [0.25, 0.3) is 5.91 Å². The van der Waals surface area contributed by atoms with E-state index in [1.807, 2.05) is 41.2 Å². The van der Waals surface area contributed by atoms with Gasteiger partial charge in [-0.05, 0) is 24.6 Å². The van der Waals surface area contributed by atoms with E-state index < -0.39 is 0 Å². The summed E-state index contributed by atoms with van der Waals surface area (Å²) < 4.78 is 7.20. The van der Waals surface area contributed by atoms with Crippen LogP contribution in [0.25, 0.3) is 0 Å². The van der Waals surface area contributed by atoms with Crippen LogP contribution in [-0.2, 0) is 11.3 Å². The Bertz CT molecular complexity index is 651. The van der Waals surface area contributed by atoms with Gasteiger partial charge in [-0.25, -0.2) is 0 Å². The predicted molar refractivity (Wildman–Crippen MR) is 92.0 cm³/mol. The number of nitrogens with one attached hydrogen (secondary N) is 1. The highest BCUT2D eigenvalue weighted by atomic mass is 16.5. The maximum Gasteiger partial charge on any atom is 0.251 e. The number of amides is 1. The highest BCUT2D eigenvalue weighted by Gasteiger charge is 2.18. The first-order valence-electron chi connectivity index (χ1n) is 8.39. The van der Waals surface area contributed by atoms with E-state index in [1.165, 1.54) is 0 Å². The Labute approximate surface area is 142 Å². The molecule has 6 heteroatoms. The molecule has 0 saturated carbocycles. The molecule has 6 nitrogen and oxygen atoms in total. The van der Waals surface area contributed by atoms with Crippen LogP contribution in [0, 0.1) is 0 Å². The number of carbonyl (C=O) groups is 1. The van der Waals surface area contributed by atoms with E-state index >= 15 is 0 Å². The molecule has 1 N–H and O–H groups in total. The second-order valence-corrected chi connectivity index (χ2v) is 6.07. The largest absolute Gasteiger partial charge is 0.379 e. The highest BCUT2D eigenvalue weighted by Crippen LogP contribution is 2.11. The third-order valence-corrected chi connectivity index (χ3v) is 4.38. The van der Waals surface area contributed by atoms with E-state index in [4.69, 9.17) is 4.74 Å². The van der Waals surface area contributed by atoms with Crippen LogP contribution in [0.5, 0.6) is 0 Å². The minimum absolute atomic E-state index is 0.0298. The summed E-state index contributed by atoms with van der Waals surface area (Å²) in [4.78, 5) is 14.9. The summed E-state index contributed by atoms with van der Waals surface area (Å²) in [7, 11) is 0. The van der Waals surface area contributed by atoms with Crippen LogP contribution in [-0.4, -0.2) is 59.5 Å². The Morgan fingerprint density at radius 2 is 2.08 bits per heavy atom. The third kappa shape index (κ3) is 4.21. The molecular formula is C18H24N4O2. The molecule has 1 aliphatic heterocycles. The van der Waals surface area contributed by atoms with Gasteiger partial charge in [-0.2, -0.15) is 5.10 Å². The molecule has 3 rings (SSSR count). The van der Waals surface area contributed by atoms with Gasteiger partial charge in [0.1, 0.15) is 0 Å². The standard InChI is InChI=1S/C18H24N4O2/c1-15(21-9-11-24-12-10-21)13-19-18(23)17-6-3-2-5-16(17)14-22-8-4-7-20-22/h2-8,15H,9-14H2,1H3,(H,19,23). The van der Waals surface area contributed by atoms with Crippen LogP contribution < -0.4 is 5.32 Å². The lowest BCUT2D eigenvalue weighted by Crippen LogP contribution is -2.47. The van der Waals surface area contributed by atoms with Crippen molar-refractivity contribution >= 4 is 5.91 Å². The minimum atomic E-state index is -0.0298. The molecule has 1 aromatic carbocycles. The Morgan fingerprint density at radius 1 is 1.29 bits per heavy atom. The van der Waals surface area contributed by atoms with Gasteiger partial charge in [0, 0.05) is 43.6 Å². The van der Waals surface area contributed by atoms with Gasteiger partial charge in [-0.3, -0.25) is 14.4 Å². The van der Waals surface area contributed by atoms with Crippen molar-refractivity contribution in [3.8, 4) is 0 Å². The molecule has 2 aromatic rings. The SMILES string of the molecule is CC(CNC(=O)c1ccccc1Cn1cccn1)N1CCOCC1. The summed E-state index contributed by atoms with van der Waals surface area (Å²) in [6.07, 6.45) is 3.64. The van der Waals surface area contributed by atoms with Crippen LogP contribution in [0.15, 0.2) is 42.7 Å². The molecule has 1 aromatic heterocycles. The van der Waals surface area contributed by atoms with E-state index in [9.17, 15) is 4.79 Å². The molecule has 1 saturated heterocycles. The Morgan fingerprint density at radius 3 is 2.83 bits per heavy atom. The fourth-order valence-corrected chi connectivity index (χ4v) is 2.93. The van der Waals surface area contributed by atoms with Gasteiger partial charge < -0.3 is 10.1 Å². The summed E-state index contributed by atoms with van der Waals surface area (Å²) in [5, 5.41) is 7.28. The van der Waals surface area contributed by atoms with Crippen molar-refractivity contribution in [2.24, 2.45) is 0 Å². The first-order valence-corrected chi connectivity index (χ1v) is 8.39. The van der Waals surface area contributed by atoms with Crippen molar-refractivity contribution in [2.45, 2.75) is 19.5 Å². The molecule has 24 heavy (non-hydrogen) atoms. The average Bonchev–Trinajstić information content (AvgIpc) is 3.13. The molecule has 0 bridgehead atoms. The summed E-state index contributed by atoms with van der Waals surface area (Å²) in [5.74, 6) is -0.0298. The number of hydrogen-bond acceptors (Lipinski definition) is 4. The van der Waals surface area contributed by atoms with Crippen molar-refractivity contribution in [1.29, 1.82) is 0 Å². The minimum Gasteiger partial charge on any atom is -0.379 e. The summed E-state index contributed by atoms with van der Waals surface area (Å²) in [6, 6.07) is 9.87. The molecule has 1 unspecified atom stereocenters. The predicted octanol–water partition coefficient (Wildman–Crippen LogP) is 1.38. The van der Waals surface area contributed by atoms with Gasteiger partial charge in [0.15, 0.2) is 0 Å². The Kier molecular flexibility index (Phi) is 5.61.